The smallest absolute Gasteiger partial charge is 0.232 e. The zero-order valence-corrected chi connectivity index (χ0v) is 13.9. The maximum absolute atomic E-state index is 12.9. The molecule has 120 valence electrons. The van der Waals surface area contributed by atoms with Crippen molar-refractivity contribution in [2.75, 3.05) is 33.2 Å². The van der Waals surface area contributed by atoms with Crippen molar-refractivity contribution >= 4 is 5.91 Å². The minimum absolute atomic E-state index is 0.107. The van der Waals surface area contributed by atoms with Crippen LogP contribution in [0.15, 0.2) is 24.3 Å². The van der Waals surface area contributed by atoms with Crippen LogP contribution >= 0.6 is 0 Å². The third-order valence-corrected chi connectivity index (χ3v) is 5.30. The Labute approximate surface area is 133 Å². The highest BCUT2D eigenvalue weighted by Crippen LogP contribution is 2.43. The quantitative estimate of drug-likeness (QED) is 0.924. The second-order valence-electron chi connectivity index (χ2n) is 7.45. The fraction of sp³-hybridized carbons (Fsp3) is 0.611. The predicted molar refractivity (Wildman–Crippen MR) is 88.6 cm³/mol. The average molecular weight is 301 g/mol. The first-order chi connectivity index (χ1) is 10.3. The lowest BCUT2D eigenvalue weighted by molar-refractivity contribution is -0.137. The Morgan fingerprint density at radius 2 is 1.64 bits per heavy atom. The van der Waals surface area contributed by atoms with Gasteiger partial charge < -0.3 is 15.5 Å². The van der Waals surface area contributed by atoms with Crippen molar-refractivity contribution < 1.29 is 4.79 Å². The first kappa shape index (κ1) is 15.5. The Hall–Kier alpha value is -1.39. The summed E-state index contributed by atoms with van der Waals surface area (Å²) in [4.78, 5) is 17.2. The van der Waals surface area contributed by atoms with Crippen LogP contribution in [0, 0.1) is 0 Å². The van der Waals surface area contributed by atoms with Gasteiger partial charge in [-0.05, 0) is 44.9 Å². The molecule has 1 heterocycles. The van der Waals surface area contributed by atoms with E-state index in [0.717, 1.165) is 44.6 Å². The summed E-state index contributed by atoms with van der Waals surface area (Å²) in [6, 6.07) is 8.36. The molecule has 1 amide bonds. The Kier molecular flexibility index (Phi) is 3.77. The normalized spacial score (nSPS) is 21.7. The van der Waals surface area contributed by atoms with Crippen LogP contribution in [0.2, 0.25) is 0 Å². The van der Waals surface area contributed by atoms with Gasteiger partial charge in [0, 0.05) is 31.7 Å². The van der Waals surface area contributed by atoms with E-state index >= 15 is 0 Å². The molecule has 1 aliphatic heterocycles. The molecule has 1 aliphatic carbocycles. The van der Waals surface area contributed by atoms with Crippen molar-refractivity contribution in [3.05, 3.63) is 35.4 Å². The molecular weight excluding hydrogens is 274 g/mol. The van der Waals surface area contributed by atoms with Gasteiger partial charge in [-0.25, -0.2) is 0 Å². The van der Waals surface area contributed by atoms with E-state index in [4.69, 9.17) is 5.73 Å². The highest BCUT2D eigenvalue weighted by molar-refractivity contribution is 5.87. The summed E-state index contributed by atoms with van der Waals surface area (Å²) in [6.45, 7) is 7.61. The number of carbonyl (C=O) groups excluding carboxylic acids is 1. The third-order valence-electron chi connectivity index (χ3n) is 5.30. The number of rotatable bonds is 3. The van der Waals surface area contributed by atoms with Gasteiger partial charge in [-0.3, -0.25) is 4.79 Å². The SMILES string of the molecule is CN1CCN(C(=O)C(C)(C)c2ccc(C3(N)CC3)cc2)CC1. The topological polar surface area (TPSA) is 49.6 Å². The summed E-state index contributed by atoms with van der Waals surface area (Å²) in [6.07, 6.45) is 2.13. The number of likely N-dealkylation sites (N-methyl/N-ethyl adjacent to an activating group) is 1. The lowest BCUT2D eigenvalue weighted by Gasteiger charge is -2.37. The molecule has 4 nitrogen and oxygen atoms in total. The molecule has 0 atom stereocenters. The summed E-state index contributed by atoms with van der Waals surface area (Å²) in [5.41, 5.74) is 7.91. The summed E-state index contributed by atoms with van der Waals surface area (Å²) < 4.78 is 0. The molecule has 1 aromatic carbocycles. The van der Waals surface area contributed by atoms with Gasteiger partial charge in [-0.15, -0.1) is 0 Å². The Bertz CT molecular complexity index is 552. The Morgan fingerprint density at radius 1 is 1.09 bits per heavy atom. The van der Waals surface area contributed by atoms with Gasteiger partial charge in [-0.2, -0.15) is 0 Å². The standard InChI is InChI=1S/C18H27N3O/c1-17(2,16(22)21-12-10-20(3)11-13-21)14-4-6-15(7-5-14)18(19)8-9-18/h4-7H,8-13,19H2,1-3H3. The number of piperazine rings is 1. The Balaban J connectivity index is 1.75. The van der Waals surface area contributed by atoms with E-state index in [0.29, 0.717) is 0 Å². The van der Waals surface area contributed by atoms with Gasteiger partial charge in [0.05, 0.1) is 5.41 Å². The van der Waals surface area contributed by atoms with Crippen LogP contribution < -0.4 is 5.73 Å². The van der Waals surface area contributed by atoms with E-state index in [2.05, 4.69) is 36.2 Å². The van der Waals surface area contributed by atoms with Crippen molar-refractivity contribution in [1.82, 2.24) is 9.80 Å². The number of benzene rings is 1. The predicted octanol–water partition coefficient (Wildman–Crippen LogP) is 1.69. The molecule has 0 radical (unpaired) electrons. The zero-order valence-electron chi connectivity index (χ0n) is 13.9. The summed E-state index contributed by atoms with van der Waals surface area (Å²) in [5, 5.41) is 0. The van der Waals surface area contributed by atoms with Crippen LogP contribution in [0.25, 0.3) is 0 Å². The fourth-order valence-corrected chi connectivity index (χ4v) is 3.17. The summed E-state index contributed by atoms with van der Waals surface area (Å²) >= 11 is 0. The fourth-order valence-electron chi connectivity index (χ4n) is 3.17. The van der Waals surface area contributed by atoms with Crippen molar-refractivity contribution in [3.63, 3.8) is 0 Å². The van der Waals surface area contributed by atoms with Crippen LogP contribution in [-0.2, 0) is 15.7 Å². The van der Waals surface area contributed by atoms with E-state index in [1.165, 1.54) is 5.56 Å². The van der Waals surface area contributed by atoms with E-state index in [1.54, 1.807) is 0 Å². The van der Waals surface area contributed by atoms with E-state index < -0.39 is 5.41 Å². The minimum Gasteiger partial charge on any atom is -0.339 e. The molecule has 4 heteroatoms. The molecule has 2 fully saturated rings. The number of nitrogens with two attached hydrogens (primary N) is 1. The molecule has 1 saturated carbocycles. The van der Waals surface area contributed by atoms with Gasteiger partial charge in [0.2, 0.25) is 5.91 Å². The number of amides is 1. The summed E-state index contributed by atoms with van der Waals surface area (Å²) in [7, 11) is 2.10. The number of nitrogens with zero attached hydrogens (tertiary/aromatic N) is 2. The molecule has 1 saturated heterocycles. The highest BCUT2D eigenvalue weighted by Gasteiger charge is 2.40. The Morgan fingerprint density at radius 3 is 2.14 bits per heavy atom. The number of hydrogen-bond acceptors (Lipinski definition) is 3. The highest BCUT2D eigenvalue weighted by atomic mass is 16.2. The van der Waals surface area contributed by atoms with Crippen LogP contribution in [0.5, 0.6) is 0 Å². The molecule has 0 aromatic heterocycles. The van der Waals surface area contributed by atoms with Crippen molar-refractivity contribution in [2.45, 2.75) is 37.6 Å². The van der Waals surface area contributed by atoms with Crippen LogP contribution in [0.1, 0.15) is 37.8 Å². The van der Waals surface area contributed by atoms with Gasteiger partial charge in [0.1, 0.15) is 0 Å². The lowest BCUT2D eigenvalue weighted by atomic mass is 9.82. The second-order valence-corrected chi connectivity index (χ2v) is 7.45. The van der Waals surface area contributed by atoms with Crippen LogP contribution in [0.4, 0.5) is 0 Å². The monoisotopic (exact) mass is 301 g/mol. The van der Waals surface area contributed by atoms with Gasteiger partial charge in [0.15, 0.2) is 0 Å². The van der Waals surface area contributed by atoms with E-state index in [-0.39, 0.29) is 11.4 Å². The maximum Gasteiger partial charge on any atom is 0.232 e. The molecule has 0 spiro atoms. The van der Waals surface area contributed by atoms with Gasteiger partial charge in [-0.1, -0.05) is 24.3 Å². The minimum atomic E-state index is -0.486. The lowest BCUT2D eigenvalue weighted by Crippen LogP contribution is -2.52. The first-order valence-corrected chi connectivity index (χ1v) is 8.21. The van der Waals surface area contributed by atoms with Gasteiger partial charge in [0.25, 0.3) is 0 Å². The zero-order chi connectivity index (χ0) is 16.0. The summed E-state index contributed by atoms with van der Waals surface area (Å²) in [5.74, 6) is 0.224. The van der Waals surface area contributed by atoms with E-state index in [9.17, 15) is 4.79 Å². The van der Waals surface area contributed by atoms with Crippen molar-refractivity contribution in [2.24, 2.45) is 5.73 Å². The second kappa shape index (κ2) is 5.36. The van der Waals surface area contributed by atoms with Crippen molar-refractivity contribution in [3.8, 4) is 0 Å². The molecule has 2 N–H and O–H groups in total. The molecule has 1 aromatic rings. The molecule has 0 bridgehead atoms. The maximum atomic E-state index is 12.9. The molecule has 0 unspecified atom stereocenters. The van der Waals surface area contributed by atoms with Gasteiger partial charge >= 0.3 is 0 Å². The van der Waals surface area contributed by atoms with Crippen molar-refractivity contribution in [1.29, 1.82) is 0 Å². The molecule has 22 heavy (non-hydrogen) atoms. The number of hydrogen-bond donors (Lipinski definition) is 1. The first-order valence-electron chi connectivity index (χ1n) is 8.21. The van der Waals surface area contributed by atoms with Crippen LogP contribution in [-0.4, -0.2) is 48.9 Å². The van der Waals surface area contributed by atoms with E-state index in [1.807, 2.05) is 18.7 Å². The third kappa shape index (κ3) is 2.77. The number of carbonyl (C=O) groups is 1. The average Bonchev–Trinajstić information content (AvgIpc) is 3.26. The largest absolute Gasteiger partial charge is 0.339 e. The van der Waals surface area contributed by atoms with Crippen LogP contribution in [0.3, 0.4) is 0 Å². The molecule has 2 aliphatic rings. The molecular formula is C18H27N3O. The molecule has 3 rings (SSSR count).